The molecule has 0 radical (unpaired) electrons. The van der Waals surface area contributed by atoms with E-state index in [1.54, 1.807) is 0 Å². The molecule has 0 spiro atoms. The van der Waals surface area contributed by atoms with Gasteiger partial charge in [0.25, 0.3) is 0 Å². The van der Waals surface area contributed by atoms with Crippen molar-refractivity contribution in [1.29, 1.82) is 0 Å². The molecule has 0 aliphatic rings. The summed E-state index contributed by atoms with van der Waals surface area (Å²) in [6.07, 6.45) is 19.2. The molecular weight excluding hydrogens is 232 g/mol. The maximum atomic E-state index is 4.36. The van der Waals surface area contributed by atoms with Crippen LogP contribution in [0.15, 0.2) is 12.4 Å². The lowest BCUT2D eigenvalue weighted by molar-refractivity contribution is 0.529. The van der Waals surface area contributed by atoms with E-state index in [1.165, 1.54) is 70.0 Å². The summed E-state index contributed by atoms with van der Waals surface area (Å²) in [7, 11) is 0. The molecule has 1 heterocycles. The minimum Gasteiger partial charge on any atom is -0.335 e. The van der Waals surface area contributed by atoms with Crippen LogP contribution in [0.4, 0.5) is 0 Å². The Morgan fingerprint density at radius 1 is 0.842 bits per heavy atom. The molecule has 0 unspecified atom stereocenters. The van der Waals surface area contributed by atoms with Gasteiger partial charge in [-0.3, -0.25) is 0 Å². The average Bonchev–Trinajstić information content (AvgIpc) is 2.88. The smallest absolute Gasteiger partial charge is 0.108 e. The number of hydrogen-bond donors (Lipinski definition) is 0. The first kappa shape index (κ1) is 16.3. The molecule has 1 aromatic heterocycles. The summed E-state index contributed by atoms with van der Waals surface area (Å²) in [6, 6.07) is 0. The predicted molar refractivity (Wildman–Crippen MR) is 83.4 cm³/mol. The Hall–Kier alpha value is -0.790. The van der Waals surface area contributed by atoms with Crippen molar-refractivity contribution in [3.63, 3.8) is 0 Å². The molecule has 1 rings (SSSR count). The molecule has 0 saturated carbocycles. The van der Waals surface area contributed by atoms with Gasteiger partial charge >= 0.3 is 0 Å². The number of rotatable bonds is 12. The molecular formula is C17H32N2. The Kier molecular flexibility index (Phi) is 9.48. The number of unbranched alkanes of at least 4 members (excludes halogenated alkanes) is 9. The molecule has 0 aromatic carbocycles. The Labute approximate surface area is 119 Å². The summed E-state index contributed by atoms with van der Waals surface area (Å²) < 4.78 is 2.31. The van der Waals surface area contributed by atoms with Crippen LogP contribution in [-0.2, 0) is 13.0 Å². The minimum atomic E-state index is 1.05. The molecule has 0 fully saturated rings. The zero-order valence-electron chi connectivity index (χ0n) is 13.0. The maximum Gasteiger partial charge on any atom is 0.108 e. The van der Waals surface area contributed by atoms with Crippen LogP contribution in [-0.4, -0.2) is 9.55 Å². The van der Waals surface area contributed by atoms with Gasteiger partial charge in [-0.1, -0.05) is 71.6 Å². The van der Waals surface area contributed by atoms with E-state index >= 15 is 0 Å². The molecule has 0 aliphatic carbocycles. The van der Waals surface area contributed by atoms with Gasteiger partial charge < -0.3 is 4.57 Å². The zero-order chi connectivity index (χ0) is 13.8. The first-order valence-electron chi connectivity index (χ1n) is 8.38. The first-order chi connectivity index (χ1) is 9.38. The van der Waals surface area contributed by atoms with E-state index in [0.29, 0.717) is 0 Å². The van der Waals surface area contributed by atoms with Crippen LogP contribution >= 0.6 is 0 Å². The maximum absolute atomic E-state index is 4.36. The lowest BCUT2D eigenvalue weighted by atomic mass is 10.1. The normalized spacial score (nSPS) is 11.1. The molecule has 0 amide bonds. The van der Waals surface area contributed by atoms with Crippen LogP contribution < -0.4 is 0 Å². The van der Waals surface area contributed by atoms with Gasteiger partial charge in [-0.25, -0.2) is 4.98 Å². The lowest BCUT2D eigenvalue weighted by Gasteiger charge is -2.06. The highest BCUT2D eigenvalue weighted by molar-refractivity contribution is 4.91. The summed E-state index contributed by atoms with van der Waals surface area (Å²) in [5, 5.41) is 0. The van der Waals surface area contributed by atoms with Crippen molar-refractivity contribution >= 4 is 0 Å². The lowest BCUT2D eigenvalue weighted by Crippen LogP contribution is -2.01. The van der Waals surface area contributed by atoms with Crippen molar-refractivity contribution in [2.75, 3.05) is 0 Å². The number of hydrogen-bond acceptors (Lipinski definition) is 1. The van der Waals surface area contributed by atoms with Crippen LogP contribution in [0.2, 0.25) is 0 Å². The third-order valence-corrected chi connectivity index (χ3v) is 3.87. The molecule has 0 aliphatic heterocycles. The third kappa shape index (κ3) is 7.39. The Balaban J connectivity index is 1.89. The second kappa shape index (κ2) is 11.1. The van der Waals surface area contributed by atoms with Crippen LogP contribution in [0.25, 0.3) is 0 Å². The van der Waals surface area contributed by atoms with E-state index in [-0.39, 0.29) is 0 Å². The molecule has 19 heavy (non-hydrogen) atoms. The number of nitrogens with zero attached hydrogens (tertiary/aromatic N) is 2. The summed E-state index contributed by atoms with van der Waals surface area (Å²) in [5.74, 6) is 1.23. The second-order valence-corrected chi connectivity index (χ2v) is 5.57. The van der Waals surface area contributed by atoms with Crippen LogP contribution in [0.1, 0.15) is 83.9 Å². The SMILES string of the molecule is CCCCCCCCCCCCn1ccnc1CC. The Bertz CT molecular complexity index is 304. The number of aryl methyl sites for hydroxylation is 2. The van der Waals surface area contributed by atoms with Gasteiger partial charge in [0.1, 0.15) is 5.82 Å². The van der Waals surface area contributed by atoms with Gasteiger partial charge in [-0.15, -0.1) is 0 Å². The molecule has 2 nitrogen and oxygen atoms in total. The van der Waals surface area contributed by atoms with E-state index in [9.17, 15) is 0 Å². The summed E-state index contributed by atoms with van der Waals surface area (Å²) in [5.41, 5.74) is 0. The largest absolute Gasteiger partial charge is 0.335 e. The van der Waals surface area contributed by atoms with Crippen LogP contribution in [0.5, 0.6) is 0 Å². The van der Waals surface area contributed by atoms with E-state index in [1.807, 2.05) is 6.20 Å². The standard InChI is InChI=1S/C17H32N2/c1-3-5-6-7-8-9-10-11-12-13-15-19-16-14-18-17(19)4-2/h14,16H,3-13,15H2,1-2H3. The van der Waals surface area contributed by atoms with E-state index < -0.39 is 0 Å². The quantitative estimate of drug-likeness (QED) is 0.464. The predicted octanol–water partition coefficient (Wildman–Crippen LogP) is 5.37. The van der Waals surface area contributed by atoms with Gasteiger partial charge in [0, 0.05) is 25.4 Å². The zero-order valence-corrected chi connectivity index (χ0v) is 13.0. The van der Waals surface area contributed by atoms with Crippen molar-refractivity contribution in [2.45, 2.75) is 91.0 Å². The van der Waals surface area contributed by atoms with Gasteiger partial charge in [0.05, 0.1) is 0 Å². The highest BCUT2D eigenvalue weighted by Gasteiger charge is 1.99. The first-order valence-corrected chi connectivity index (χ1v) is 8.38. The van der Waals surface area contributed by atoms with Gasteiger partial charge in [-0.2, -0.15) is 0 Å². The van der Waals surface area contributed by atoms with E-state index in [0.717, 1.165) is 13.0 Å². The van der Waals surface area contributed by atoms with E-state index in [4.69, 9.17) is 0 Å². The number of aromatic nitrogens is 2. The highest BCUT2D eigenvalue weighted by Crippen LogP contribution is 2.11. The van der Waals surface area contributed by atoms with Gasteiger partial charge in [0.15, 0.2) is 0 Å². The van der Waals surface area contributed by atoms with Gasteiger partial charge in [-0.05, 0) is 6.42 Å². The molecule has 0 bridgehead atoms. The monoisotopic (exact) mass is 264 g/mol. The molecule has 110 valence electrons. The van der Waals surface area contributed by atoms with Crippen molar-refractivity contribution in [2.24, 2.45) is 0 Å². The molecule has 0 saturated heterocycles. The second-order valence-electron chi connectivity index (χ2n) is 5.57. The Morgan fingerprint density at radius 3 is 2.00 bits per heavy atom. The molecule has 1 aromatic rings. The fourth-order valence-corrected chi connectivity index (χ4v) is 2.63. The Morgan fingerprint density at radius 2 is 1.42 bits per heavy atom. The molecule has 0 atom stereocenters. The van der Waals surface area contributed by atoms with Crippen molar-refractivity contribution < 1.29 is 0 Å². The minimum absolute atomic E-state index is 1.05. The van der Waals surface area contributed by atoms with Crippen molar-refractivity contribution in [3.05, 3.63) is 18.2 Å². The fourth-order valence-electron chi connectivity index (χ4n) is 2.63. The average molecular weight is 264 g/mol. The van der Waals surface area contributed by atoms with E-state index in [2.05, 4.69) is 29.6 Å². The van der Waals surface area contributed by atoms with Crippen molar-refractivity contribution in [3.8, 4) is 0 Å². The molecule has 0 N–H and O–H groups in total. The fraction of sp³-hybridized carbons (Fsp3) is 0.824. The topological polar surface area (TPSA) is 17.8 Å². The van der Waals surface area contributed by atoms with Crippen LogP contribution in [0, 0.1) is 0 Å². The van der Waals surface area contributed by atoms with Crippen molar-refractivity contribution in [1.82, 2.24) is 9.55 Å². The highest BCUT2D eigenvalue weighted by atomic mass is 15.1. The molecule has 2 heteroatoms. The number of imidazole rings is 1. The summed E-state index contributed by atoms with van der Waals surface area (Å²) in [4.78, 5) is 4.36. The summed E-state index contributed by atoms with van der Waals surface area (Å²) in [6.45, 7) is 5.61. The summed E-state index contributed by atoms with van der Waals surface area (Å²) >= 11 is 0. The third-order valence-electron chi connectivity index (χ3n) is 3.87. The van der Waals surface area contributed by atoms with Crippen LogP contribution in [0.3, 0.4) is 0 Å². The van der Waals surface area contributed by atoms with Gasteiger partial charge in [0.2, 0.25) is 0 Å².